The summed E-state index contributed by atoms with van der Waals surface area (Å²) < 4.78 is 8.46. The standard InChI is InChI=1S/C7H7O6/c1-5(12-4-8)13-7(11)3-2-6(9)10/h2-3,5H,1H3,(H,9,10)/b3-2+. The zero-order valence-electron chi connectivity index (χ0n) is 6.72. The molecule has 71 valence electrons. The Balaban J connectivity index is 3.86. The summed E-state index contributed by atoms with van der Waals surface area (Å²) in [7, 11) is 0. The maximum Gasteiger partial charge on any atom is 0.420 e. The van der Waals surface area contributed by atoms with Gasteiger partial charge in [0, 0.05) is 19.1 Å². The van der Waals surface area contributed by atoms with Crippen LogP contribution >= 0.6 is 0 Å². The molecular weight excluding hydrogens is 180 g/mol. The van der Waals surface area contributed by atoms with E-state index in [0.29, 0.717) is 12.2 Å². The number of aliphatic carboxylic acids is 1. The van der Waals surface area contributed by atoms with Crippen molar-refractivity contribution >= 4 is 18.4 Å². The summed E-state index contributed by atoms with van der Waals surface area (Å²) in [6, 6.07) is 0. The molecule has 0 rings (SSSR count). The summed E-state index contributed by atoms with van der Waals surface area (Å²) in [6.45, 7) is 2.36. The second kappa shape index (κ2) is 5.76. The lowest BCUT2D eigenvalue weighted by Crippen LogP contribution is -2.16. The van der Waals surface area contributed by atoms with E-state index in [0.717, 1.165) is 6.47 Å². The van der Waals surface area contributed by atoms with Crippen molar-refractivity contribution in [2.75, 3.05) is 0 Å². The molecule has 6 nitrogen and oxygen atoms in total. The average molecular weight is 187 g/mol. The number of carboxylic acid groups (broad SMARTS) is 1. The highest BCUT2D eigenvalue weighted by molar-refractivity contribution is 5.90. The van der Waals surface area contributed by atoms with Gasteiger partial charge in [-0.1, -0.05) is 0 Å². The van der Waals surface area contributed by atoms with E-state index in [1.54, 1.807) is 0 Å². The van der Waals surface area contributed by atoms with Crippen LogP contribution in [-0.2, 0) is 23.9 Å². The van der Waals surface area contributed by atoms with E-state index >= 15 is 0 Å². The molecule has 13 heavy (non-hydrogen) atoms. The second-order valence-corrected chi connectivity index (χ2v) is 1.88. The fourth-order valence-electron chi connectivity index (χ4n) is 0.434. The van der Waals surface area contributed by atoms with Crippen LogP contribution < -0.4 is 0 Å². The Morgan fingerprint density at radius 3 is 2.54 bits per heavy atom. The number of carbonyl (C=O) groups excluding carboxylic acids is 2. The topological polar surface area (TPSA) is 89.9 Å². The third kappa shape index (κ3) is 6.54. The molecule has 0 saturated carbocycles. The number of esters is 1. The van der Waals surface area contributed by atoms with E-state index in [4.69, 9.17) is 5.11 Å². The van der Waals surface area contributed by atoms with Crippen molar-refractivity contribution in [1.29, 1.82) is 0 Å². The molecule has 0 fully saturated rings. The summed E-state index contributed by atoms with van der Waals surface area (Å²) in [6.07, 6.45) is 0.232. The molecule has 0 aliphatic heterocycles. The molecule has 0 bridgehead atoms. The molecule has 1 radical (unpaired) electrons. The van der Waals surface area contributed by atoms with Crippen molar-refractivity contribution in [2.45, 2.75) is 13.2 Å². The lowest BCUT2D eigenvalue weighted by molar-refractivity contribution is -0.156. The molecule has 0 amide bonds. The highest BCUT2D eigenvalue weighted by Crippen LogP contribution is 1.92. The van der Waals surface area contributed by atoms with Crippen LogP contribution in [0, 0.1) is 0 Å². The van der Waals surface area contributed by atoms with Crippen LogP contribution in [0.2, 0.25) is 0 Å². The normalized spacial score (nSPS) is 12.1. The molecule has 6 heteroatoms. The summed E-state index contributed by atoms with van der Waals surface area (Å²) in [4.78, 5) is 30.2. The SMILES string of the molecule is CC(O[C]=O)OC(=O)/C=C/C(=O)O. The van der Waals surface area contributed by atoms with E-state index in [1.807, 2.05) is 0 Å². The van der Waals surface area contributed by atoms with Crippen molar-refractivity contribution < 1.29 is 29.0 Å². The fourth-order valence-corrected chi connectivity index (χ4v) is 0.434. The van der Waals surface area contributed by atoms with Gasteiger partial charge in [-0.15, -0.1) is 0 Å². The first-order valence-electron chi connectivity index (χ1n) is 3.20. The Labute approximate surface area is 73.7 Å². The van der Waals surface area contributed by atoms with Gasteiger partial charge in [-0.25, -0.2) is 14.4 Å². The zero-order chi connectivity index (χ0) is 10.3. The maximum absolute atomic E-state index is 10.7. The van der Waals surface area contributed by atoms with Crippen molar-refractivity contribution in [3.63, 3.8) is 0 Å². The minimum absolute atomic E-state index is 0.611. The predicted octanol–water partition coefficient (Wildman–Crippen LogP) is -0.400. The molecule has 1 unspecified atom stereocenters. The molecule has 0 saturated heterocycles. The largest absolute Gasteiger partial charge is 0.478 e. The first-order valence-corrected chi connectivity index (χ1v) is 3.20. The second-order valence-electron chi connectivity index (χ2n) is 1.88. The highest BCUT2D eigenvalue weighted by atomic mass is 16.7. The molecule has 0 aromatic heterocycles. The maximum atomic E-state index is 10.7. The van der Waals surface area contributed by atoms with Crippen molar-refractivity contribution in [1.82, 2.24) is 0 Å². The monoisotopic (exact) mass is 187 g/mol. The fraction of sp³-hybridized carbons (Fsp3) is 0.286. The molecule has 0 aromatic carbocycles. The minimum atomic E-state index is -1.27. The van der Waals surface area contributed by atoms with E-state index in [9.17, 15) is 14.4 Å². The lowest BCUT2D eigenvalue weighted by atomic mass is 10.5. The number of rotatable bonds is 5. The third-order valence-electron chi connectivity index (χ3n) is 0.858. The van der Waals surface area contributed by atoms with Gasteiger partial charge in [0.05, 0.1) is 0 Å². The Kier molecular flexibility index (Phi) is 4.94. The molecule has 0 aliphatic carbocycles. The van der Waals surface area contributed by atoms with Crippen molar-refractivity contribution in [3.05, 3.63) is 12.2 Å². The van der Waals surface area contributed by atoms with Gasteiger partial charge in [-0.2, -0.15) is 0 Å². The number of hydrogen-bond donors (Lipinski definition) is 1. The number of ether oxygens (including phenoxy) is 2. The number of carbonyl (C=O) groups is 2. The van der Waals surface area contributed by atoms with Gasteiger partial charge in [-0.3, -0.25) is 0 Å². The van der Waals surface area contributed by atoms with E-state index < -0.39 is 18.2 Å². The van der Waals surface area contributed by atoms with E-state index in [-0.39, 0.29) is 0 Å². The van der Waals surface area contributed by atoms with Crippen molar-refractivity contribution in [2.24, 2.45) is 0 Å². The minimum Gasteiger partial charge on any atom is -0.478 e. The Hall–Kier alpha value is -1.85. The molecular formula is C7H7O6. The van der Waals surface area contributed by atoms with E-state index in [1.165, 1.54) is 6.92 Å². The quantitative estimate of drug-likeness (QED) is 0.358. The number of carboxylic acids is 1. The van der Waals surface area contributed by atoms with Crippen LogP contribution in [0.3, 0.4) is 0 Å². The molecule has 0 aromatic rings. The lowest BCUT2D eigenvalue weighted by Gasteiger charge is -2.07. The molecule has 1 atom stereocenters. The smallest absolute Gasteiger partial charge is 0.420 e. The van der Waals surface area contributed by atoms with Gasteiger partial charge in [0.15, 0.2) is 0 Å². The van der Waals surface area contributed by atoms with Crippen molar-refractivity contribution in [3.8, 4) is 0 Å². The highest BCUT2D eigenvalue weighted by Gasteiger charge is 2.06. The Morgan fingerprint density at radius 1 is 1.46 bits per heavy atom. The van der Waals surface area contributed by atoms with Crippen LogP contribution in [0.15, 0.2) is 12.2 Å². The molecule has 0 aliphatic rings. The average Bonchev–Trinajstić information content (AvgIpc) is 2.01. The Bertz CT molecular complexity index is 231. The summed E-state index contributed by atoms with van der Waals surface area (Å²) in [5.74, 6) is -2.18. The Morgan fingerprint density at radius 2 is 2.08 bits per heavy atom. The van der Waals surface area contributed by atoms with Gasteiger partial charge in [-0.05, 0) is 0 Å². The molecule has 0 heterocycles. The van der Waals surface area contributed by atoms with Crippen LogP contribution in [0.25, 0.3) is 0 Å². The molecule has 0 spiro atoms. The van der Waals surface area contributed by atoms with Crippen LogP contribution in [-0.4, -0.2) is 29.8 Å². The van der Waals surface area contributed by atoms with Gasteiger partial charge < -0.3 is 14.6 Å². The summed E-state index contributed by atoms with van der Waals surface area (Å²) in [5.41, 5.74) is 0. The van der Waals surface area contributed by atoms with Crippen LogP contribution in [0.5, 0.6) is 0 Å². The van der Waals surface area contributed by atoms with Gasteiger partial charge in [0.2, 0.25) is 6.29 Å². The van der Waals surface area contributed by atoms with Crippen LogP contribution in [0.1, 0.15) is 6.92 Å². The van der Waals surface area contributed by atoms with E-state index in [2.05, 4.69) is 9.47 Å². The predicted molar refractivity (Wildman–Crippen MR) is 39.1 cm³/mol. The summed E-state index contributed by atoms with van der Waals surface area (Å²) in [5, 5.41) is 8.11. The zero-order valence-corrected chi connectivity index (χ0v) is 6.72. The number of hydrogen-bond acceptors (Lipinski definition) is 5. The molecule has 1 N–H and O–H groups in total. The third-order valence-corrected chi connectivity index (χ3v) is 0.858. The van der Waals surface area contributed by atoms with Gasteiger partial charge >= 0.3 is 18.4 Å². The van der Waals surface area contributed by atoms with Crippen LogP contribution in [0.4, 0.5) is 0 Å². The van der Waals surface area contributed by atoms with Gasteiger partial charge in [0.25, 0.3) is 0 Å². The summed E-state index contributed by atoms with van der Waals surface area (Å²) >= 11 is 0. The first-order chi connectivity index (χ1) is 6.06. The first kappa shape index (κ1) is 11.2. The van der Waals surface area contributed by atoms with Gasteiger partial charge in [0.1, 0.15) is 0 Å².